The molecule has 0 N–H and O–H groups in total. The van der Waals surface area contributed by atoms with Crippen LogP contribution in [0.25, 0.3) is 0 Å². The molecule has 0 saturated carbocycles. The summed E-state index contributed by atoms with van der Waals surface area (Å²) in [6.45, 7) is 2.30. The van der Waals surface area contributed by atoms with E-state index < -0.39 is 21.4 Å². The van der Waals surface area contributed by atoms with E-state index in [9.17, 15) is 0 Å². The van der Waals surface area contributed by atoms with Crippen LogP contribution in [0.15, 0.2) is 0 Å². The minimum atomic E-state index is -0.856. The van der Waals surface area contributed by atoms with Crippen molar-refractivity contribution in [1.29, 1.82) is 0 Å². The molecule has 0 amide bonds. The summed E-state index contributed by atoms with van der Waals surface area (Å²) in [5.41, 5.74) is 0. The first kappa shape index (κ1) is 20.9. The van der Waals surface area contributed by atoms with Crippen LogP contribution in [-0.2, 0) is 0 Å². The fraction of sp³-hybridized carbons (Fsp3) is 1.00. The number of rotatable bonds is 16. The van der Waals surface area contributed by atoms with E-state index in [-0.39, 0.29) is 0 Å². The molecule has 0 aromatic heterocycles. The third-order valence-electron chi connectivity index (χ3n) is 4.39. The summed E-state index contributed by atoms with van der Waals surface area (Å²) in [6, 6.07) is 0. The Morgan fingerprint density at radius 1 is 0.450 bits per heavy atom. The average Bonchev–Trinajstić information content (AvgIpc) is 2.43. The molecule has 0 unspecified atom stereocenters. The molecule has 1 heteroatoms. The Morgan fingerprint density at radius 3 is 1.05 bits per heavy atom. The molecule has 0 rings (SSSR count). The first-order valence-electron chi connectivity index (χ1n) is 9.77. The zero-order valence-corrected chi connectivity index (χ0v) is 18.2. The van der Waals surface area contributed by atoms with Crippen LogP contribution in [0.5, 0.6) is 0 Å². The zero-order chi connectivity index (χ0) is 14.9. The molecular weight excluding hydrogens is 343 g/mol. The van der Waals surface area contributed by atoms with Crippen LogP contribution in [0.4, 0.5) is 0 Å². The Bertz CT molecular complexity index is 165. The maximum atomic E-state index is 2.55. The Hall–Kier alpha value is 0.870. The van der Waals surface area contributed by atoms with Gasteiger partial charge < -0.3 is 0 Å². The quantitative estimate of drug-likeness (QED) is 0.240. The van der Waals surface area contributed by atoms with E-state index in [0.717, 1.165) is 0 Å². The predicted molar refractivity (Wildman–Crippen MR) is 97.2 cm³/mol. The SMILES string of the molecule is CCCCCCCCCCCCCCCC[CH2][In]([CH3])[CH3]. The molecule has 0 spiro atoms. The fourth-order valence-electron chi connectivity index (χ4n) is 2.92. The molecule has 0 fully saturated rings. The monoisotopic (exact) mass is 384 g/mol. The van der Waals surface area contributed by atoms with Gasteiger partial charge in [0, 0.05) is 0 Å². The molecule has 120 valence electrons. The Labute approximate surface area is 138 Å². The standard InChI is InChI=1S/C17H35.2CH3.In/c1-3-5-7-9-11-13-15-17-16-14-12-10-8-6-4-2;;;/h1,3-17H2,2H3;2*1H3;. The van der Waals surface area contributed by atoms with Gasteiger partial charge in [0.1, 0.15) is 0 Å². The molecule has 0 bridgehead atoms. The molecule has 20 heavy (non-hydrogen) atoms. The van der Waals surface area contributed by atoms with E-state index >= 15 is 0 Å². The van der Waals surface area contributed by atoms with Gasteiger partial charge in [0.15, 0.2) is 0 Å². The Balaban J connectivity index is 2.92. The number of hydrogen-bond acceptors (Lipinski definition) is 0. The van der Waals surface area contributed by atoms with Crippen molar-refractivity contribution in [2.75, 3.05) is 0 Å². The van der Waals surface area contributed by atoms with Crippen LogP contribution in [-0.4, -0.2) is 21.4 Å². The summed E-state index contributed by atoms with van der Waals surface area (Å²) in [6.07, 6.45) is 22.3. The van der Waals surface area contributed by atoms with Crippen LogP contribution in [0, 0.1) is 0 Å². The van der Waals surface area contributed by atoms with Crippen molar-refractivity contribution >= 4 is 21.4 Å². The topological polar surface area (TPSA) is 0 Å². The summed E-state index contributed by atoms with van der Waals surface area (Å²) in [5.74, 6) is 0. The van der Waals surface area contributed by atoms with E-state index in [1.165, 1.54) is 89.9 Å². The van der Waals surface area contributed by atoms with Crippen LogP contribution in [0.2, 0.25) is 13.5 Å². The third-order valence-corrected chi connectivity index (χ3v) is 8.85. The van der Waals surface area contributed by atoms with Gasteiger partial charge in [-0.25, -0.2) is 0 Å². The van der Waals surface area contributed by atoms with Gasteiger partial charge in [0.05, 0.1) is 0 Å². The van der Waals surface area contributed by atoms with Gasteiger partial charge in [-0.1, -0.05) is 32.6 Å². The van der Waals surface area contributed by atoms with E-state index in [0.29, 0.717) is 0 Å². The Kier molecular flexibility index (Phi) is 18.7. The van der Waals surface area contributed by atoms with Crippen molar-refractivity contribution in [3.63, 3.8) is 0 Å². The van der Waals surface area contributed by atoms with Gasteiger partial charge in [0.25, 0.3) is 0 Å². The summed E-state index contributed by atoms with van der Waals surface area (Å²) in [7, 11) is 0. The van der Waals surface area contributed by atoms with Gasteiger partial charge in [-0.3, -0.25) is 0 Å². The van der Waals surface area contributed by atoms with E-state index in [2.05, 4.69) is 16.3 Å². The van der Waals surface area contributed by atoms with Crippen LogP contribution in [0.3, 0.4) is 0 Å². The summed E-state index contributed by atoms with van der Waals surface area (Å²) >= 11 is -0.856. The number of unbranched alkanes of at least 4 members (excludes halogenated alkanes) is 14. The van der Waals surface area contributed by atoms with Crippen molar-refractivity contribution in [1.82, 2.24) is 0 Å². The van der Waals surface area contributed by atoms with Crippen LogP contribution in [0.1, 0.15) is 103 Å². The molecule has 0 aromatic rings. The second-order valence-electron chi connectivity index (χ2n) is 7.13. The van der Waals surface area contributed by atoms with Crippen molar-refractivity contribution in [2.24, 2.45) is 0 Å². The van der Waals surface area contributed by atoms with Gasteiger partial charge in [0.2, 0.25) is 0 Å². The first-order chi connectivity index (χ1) is 9.77. The average molecular weight is 384 g/mol. The second-order valence-corrected chi connectivity index (χ2v) is 16.7. The molecule has 0 aliphatic heterocycles. The van der Waals surface area contributed by atoms with Gasteiger partial charge >= 0.3 is 106 Å². The van der Waals surface area contributed by atoms with E-state index in [1.807, 2.05) is 0 Å². The van der Waals surface area contributed by atoms with Gasteiger partial charge in [-0.15, -0.1) is 0 Å². The molecule has 0 aromatic carbocycles. The van der Waals surface area contributed by atoms with Gasteiger partial charge in [-0.2, -0.15) is 0 Å². The van der Waals surface area contributed by atoms with Crippen LogP contribution < -0.4 is 0 Å². The van der Waals surface area contributed by atoms with Gasteiger partial charge in [-0.05, 0) is 0 Å². The van der Waals surface area contributed by atoms with E-state index in [4.69, 9.17) is 0 Å². The van der Waals surface area contributed by atoms with Crippen molar-refractivity contribution in [2.45, 2.75) is 117 Å². The molecule has 0 aliphatic rings. The maximum absolute atomic E-state index is 2.55. The normalized spacial score (nSPS) is 10.9. The molecule has 0 heterocycles. The number of hydrogen-bond donors (Lipinski definition) is 0. The summed E-state index contributed by atoms with van der Waals surface area (Å²) in [5, 5.41) is 0. The molecule has 0 radical (unpaired) electrons. The summed E-state index contributed by atoms with van der Waals surface area (Å²) < 4.78 is 6.73. The zero-order valence-electron chi connectivity index (χ0n) is 14.9. The minimum absolute atomic E-state index is 0.856. The second kappa shape index (κ2) is 17.9. The molecule has 0 atom stereocenters. The predicted octanol–water partition coefficient (Wildman–Crippen LogP) is 7.61. The fourth-order valence-corrected chi connectivity index (χ4v) is 6.08. The third kappa shape index (κ3) is 18.9. The van der Waals surface area contributed by atoms with Crippen molar-refractivity contribution in [3.05, 3.63) is 0 Å². The van der Waals surface area contributed by atoms with Crippen molar-refractivity contribution in [3.8, 4) is 0 Å². The Morgan fingerprint density at radius 2 is 0.750 bits per heavy atom. The molecule has 0 nitrogen and oxygen atoms in total. The van der Waals surface area contributed by atoms with E-state index in [1.54, 1.807) is 10.6 Å². The summed E-state index contributed by atoms with van der Waals surface area (Å²) in [4.78, 5) is 0. The van der Waals surface area contributed by atoms with Crippen LogP contribution >= 0.6 is 0 Å². The van der Waals surface area contributed by atoms with Crippen molar-refractivity contribution < 1.29 is 0 Å². The molecule has 0 saturated heterocycles. The first-order valence-corrected chi connectivity index (χ1v) is 18.7. The molecule has 0 aliphatic carbocycles. The molecular formula is C19H41In.